The second-order valence-corrected chi connectivity index (χ2v) is 8.30. The predicted octanol–water partition coefficient (Wildman–Crippen LogP) is 0.833. The molecule has 0 unspecified atom stereocenters. The second kappa shape index (κ2) is 3.39. The van der Waals surface area contributed by atoms with Gasteiger partial charge in [-0.25, -0.2) is 13.1 Å². The fraction of sp³-hybridized carbons (Fsp3) is 0.778. The summed E-state index contributed by atoms with van der Waals surface area (Å²) in [5, 5.41) is 7.22. The number of nitrogens with two attached hydrogens (primary N) is 1. The molecule has 8 heteroatoms. The molecule has 1 aliphatic rings. The molecule has 2 rings (SSSR count). The summed E-state index contributed by atoms with van der Waals surface area (Å²) in [5.41, 5.74) is 5.26. The molecule has 0 radical (unpaired) electrons. The van der Waals surface area contributed by atoms with Crippen LogP contribution in [0, 0.1) is 10.8 Å². The fourth-order valence-corrected chi connectivity index (χ4v) is 4.36. The smallest absolute Gasteiger partial charge is 0.270 e. The molecule has 0 aromatic carbocycles. The highest BCUT2D eigenvalue weighted by Crippen LogP contribution is 2.62. The molecular weight excluding hydrogens is 260 g/mol. The molecule has 0 amide bonds. The Bertz CT molecular complexity index is 533. The maximum Gasteiger partial charge on any atom is 0.270 e. The molecule has 0 aliphatic heterocycles. The van der Waals surface area contributed by atoms with Gasteiger partial charge < -0.3 is 5.73 Å². The first-order valence-corrected chi connectivity index (χ1v) is 7.50. The number of hydrogen-bond acceptors (Lipinski definition) is 6. The van der Waals surface area contributed by atoms with Crippen molar-refractivity contribution in [2.75, 3.05) is 5.73 Å². The minimum absolute atomic E-state index is 0.0592. The lowest BCUT2D eigenvalue weighted by atomic mass is 10.0. The summed E-state index contributed by atoms with van der Waals surface area (Å²) in [4.78, 5) is 0. The average Bonchev–Trinajstić information content (AvgIpc) is 2.59. The molecule has 6 nitrogen and oxygen atoms in total. The Labute approximate surface area is 105 Å². The summed E-state index contributed by atoms with van der Waals surface area (Å²) in [5.74, 6) is 0. The van der Waals surface area contributed by atoms with Gasteiger partial charge in [-0.2, -0.15) is 0 Å². The normalized spacial score (nSPS) is 22.6. The van der Waals surface area contributed by atoms with Crippen molar-refractivity contribution >= 4 is 26.5 Å². The van der Waals surface area contributed by atoms with Crippen molar-refractivity contribution in [1.82, 2.24) is 14.9 Å². The van der Waals surface area contributed by atoms with Crippen molar-refractivity contribution < 1.29 is 8.42 Å². The van der Waals surface area contributed by atoms with Crippen molar-refractivity contribution in [2.24, 2.45) is 10.8 Å². The van der Waals surface area contributed by atoms with Gasteiger partial charge in [0.25, 0.3) is 10.0 Å². The second-order valence-electron chi connectivity index (χ2n) is 5.40. The fourth-order valence-electron chi connectivity index (χ4n) is 2.03. The number of nitrogens with one attached hydrogen (secondary N) is 1. The van der Waals surface area contributed by atoms with Crippen molar-refractivity contribution in [2.45, 2.75) is 38.1 Å². The third kappa shape index (κ3) is 1.84. The third-order valence-corrected chi connectivity index (χ3v) is 6.49. The van der Waals surface area contributed by atoms with Gasteiger partial charge in [-0.15, -0.1) is 10.2 Å². The molecule has 1 saturated carbocycles. The van der Waals surface area contributed by atoms with E-state index in [0.717, 1.165) is 11.3 Å². The minimum Gasteiger partial charge on any atom is -0.374 e. The molecular formula is C9H16N4O2S2. The summed E-state index contributed by atoms with van der Waals surface area (Å²) in [6.07, 6.45) is 0. The van der Waals surface area contributed by atoms with E-state index in [1.165, 1.54) is 0 Å². The van der Waals surface area contributed by atoms with Crippen molar-refractivity contribution in [3.8, 4) is 0 Å². The van der Waals surface area contributed by atoms with Gasteiger partial charge in [-0.05, 0) is 10.8 Å². The summed E-state index contributed by atoms with van der Waals surface area (Å²) in [6, 6.07) is -0.0925. The van der Waals surface area contributed by atoms with Crippen LogP contribution in [0.5, 0.6) is 0 Å². The third-order valence-electron chi connectivity index (χ3n) is 3.95. The van der Waals surface area contributed by atoms with Gasteiger partial charge in [0, 0.05) is 6.04 Å². The molecule has 0 spiro atoms. The Balaban J connectivity index is 2.21. The number of nitrogens with zero attached hydrogens (tertiary/aromatic N) is 2. The summed E-state index contributed by atoms with van der Waals surface area (Å²) < 4.78 is 26.6. The lowest BCUT2D eigenvalue weighted by Gasteiger charge is -2.04. The van der Waals surface area contributed by atoms with Crippen molar-refractivity contribution in [3.05, 3.63) is 0 Å². The number of sulfonamides is 1. The number of rotatable bonds is 3. The maximum atomic E-state index is 12.0. The van der Waals surface area contributed by atoms with Crippen LogP contribution in [-0.4, -0.2) is 24.7 Å². The van der Waals surface area contributed by atoms with Gasteiger partial charge in [0.2, 0.25) is 9.47 Å². The van der Waals surface area contributed by atoms with E-state index in [9.17, 15) is 8.42 Å². The van der Waals surface area contributed by atoms with Gasteiger partial charge in [-0.3, -0.25) is 0 Å². The molecule has 1 aromatic heterocycles. The lowest BCUT2D eigenvalue weighted by Crippen LogP contribution is -2.29. The summed E-state index contributed by atoms with van der Waals surface area (Å²) in [7, 11) is -3.60. The standard InChI is InChI=1S/C9H16N4O2S2/c1-8(2)5(9(8,3)4)13-17(14,15)7-12-11-6(10)16-7/h5,13H,1-4H3,(H2,10,11). The van der Waals surface area contributed by atoms with Gasteiger partial charge in [0.1, 0.15) is 0 Å². The SMILES string of the molecule is CC1(C)C(NS(=O)(=O)c2nnc(N)s2)C1(C)C. The molecule has 17 heavy (non-hydrogen) atoms. The van der Waals surface area contributed by atoms with Crippen LogP contribution in [0.2, 0.25) is 0 Å². The van der Waals surface area contributed by atoms with Crippen LogP contribution < -0.4 is 10.5 Å². The highest BCUT2D eigenvalue weighted by atomic mass is 32.2. The van der Waals surface area contributed by atoms with Crippen molar-refractivity contribution in [1.29, 1.82) is 0 Å². The Hall–Kier alpha value is -0.730. The van der Waals surface area contributed by atoms with Crippen LogP contribution in [-0.2, 0) is 10.0 Å². The van der Waals surface area contributed by atoms with E-state index in [-0.39, 0.29) is 26.3 Å². The van der Waals surface area contributed by atoms with E-state index in [1.54, 1.807) is 0 Å². The molecule has 3 N–H and O–H groups in total. The van der Waals surface area contributed by atoms with Gasteiger partial charge in [-0.1, -0.05) is 39.0 Å². The zero-order valence-corrected chi connectivity index (χ0v) is 11.8. The number of nitrogen functional groups attached to an aromatic ring is 1. The molecule has 1 fully saturated rings. The minimum atomic E-state index is -3.60. The van der Waals surface area contributed by atoms with Crippen LogP contribution in [0.25, 0.3) is 0 Å². The lowest BCUT2D eigenvalue weighted by molar-refractivity contribution is 0.457. The van der Waals surface area contributed by atoms with Crippen LogP contribution in [0.15, 0.2) is 4.34 Å². The van der Waals surface area contributed by atoms with Crippen LogP contribution in [0.1, 0.15) is 27.7 Å². The largest absolute Gasteiger partial charge is 0.374 e. The first-order chi connectivity index (χ1) is 7.59. The van der Waals surface area contributed by atoms with E-state index in [2.05, 4.69) is 14.9 Å². The zero-order chi connectivity index (χ0) is 13.1. The summed E-state index contributed by atoms with van der Waals surface area (Å²) in [6.45, 7) is 8.15. The van der Waals surface area contributed by atoms with Gasteiger partial charge in [0.15, 0.2) is 0 Å². The zero-order valence-electron chi connectivity index (χ0n) is 10.2. The first-order valence-electron chi connectivity index (χ1n) is 5.20. The Morgan fingerprint density at radius 3 is 2.12 bits per heavy atom. The summed E-state index contributed by atoms with van der Waals surface area (Å²) >= 11 is 0.870. The van der Waals surface area contributed by atoms with Crippen LogP contribution in [0.3, 0.4) is 0 Å². The van der Waals surface area contributed by atoms with E-state index in [0.29, 0.717) is 0 Å². The van der Waals surface area contributed by atoms with Crippen LogP contribution >= 0.6 is 11.3 Å². The molecule has 96 valence electrons. The Kier molecular flexibility index (Phi) is 2.54. The monoisotopic (exact) mass is 276 g/mol. The van der Waals surface area contributed by atoms with E-state index >= 15 is 0 Å². The molecule has 1 aliphatic carbocycles. The van der Waals surface area contributed by atoms with E-state index < -0.39 is 10.0 Å². The highest BCUT2D eigenvalue weighted by molar-refractivity contribution is 7.91. The topological polar surface area (TPSA) is 98.0 Å². The molecule has 0 bridgehead atoms. The first kappa shape index (κ1) is 12.7. The maximum absolute atomic E-state index is 12.0. The Morgan fingerprint density at radius 2 is 1.76 bits per heavy atom. The van der Waals surface area contributed by atoms with Crippen LogP contribution in [0.4, 0.5) is 5.13 Å². The quantitative estimate of drug-likeness (QED) is 0.852. The van der Waals surface area contributed by atoms with Crippen molar-refractivity contribution in [3.63, 3.8) is 0 Å². The molecule has 1 heterocycles. The molecule has 0 atom stereocenters. The highest BCUT2D eigenvalue weighted by Gasteiger charge is 2.66. The van der Waals surface area contributed by atoms with E-state index in [1.807, 2.05) is 27.7 Å². The average molecular weight is 276 g/mol. The molecule has 0 saturated heterocycles. The number of aromatic nitrogens is 2. The van der Waals surface area contributed by atoms with Gasteiger partial charge in [0.05, 0.1) is 0 Å². The molecule has 1 aromatic rings. The van der Waals surface area contributed by atoms with E-state index in [4.69, 9.17) is 5.73 Å². The Morgan fingerprint density at radius 1 is 1.24 bits per heavy atom. The van der Waals surface area contributed by atoms with Gasteiger partial charge >= 0.3 is 0 Å². The number of anilines is 1. The number of hydrogen-bond donors (Lipinski definition) is 2. The predicted molar refractivity (Wildman–Crippen MR) is 66.0 cm³/mol.